The summed E-state index contributed by atoms with van der Waals surface area (Å²) in [5.41, 5.74) is 7.97. The molecule has 2 amide bonds. The van der Waals surface area contributed by atoms with E-state index in [-0.39, 0.29) is 12.5 Å². The lowest BCUT2D eigenvalue weighted by molar-refractivity contribution is -0.119. The zero-order valence-corrected chi connectivity index (χ0v) is 16.4. The molecule has 1 heterocycles. The Bertz CT molecular complexity index is 1080. The molecule has 3 N–H and O–H groups in total. The number of carbonyl (C=O) groups is 2. The van der Waals surface area contributed by atoms with E-state index in [2.05, 4.69) is 5.32 Å². The molecule has 152 valence electrons. The van der Waals surface area contributed by atoms with Crippen LogP contribution in [-0.4, -0.2) is 25.5 Å². The molecule has 0 saturated carbocycles. The Hall–Kier alpha value is -4.00. The van der Waals surface area contributed by atoms with Crippen LogP contribution < -0.4 is 25.4 Å². The van der Waals surface area contributed by atoms with Crippen molar-refractivity contribution in [3.63, 3.8) is 0 Å². The van der Waals surface area contributed by atoms with Gasteiger partial charge in [-0.15, -0.1) is 0 Å². The molecule has 30 heavy (non-hydrogen) atoms. The van der Waals surface area contributed by atoms with Gasteiger partial charge in [-0.2, -0.15) is 0 Å². The van der Waals surface area contributed by atoms with E-state index < -0.39 is 12.1 Å². The van der Waals surface area contributed by atoms with Gasteiger partial charge in [0.25, 0.3) is 11.8 Å². The number of ether oxygens (including phenoxy) is 2. The Morgan fingerprint density at radius 2 is 1.73 bits per heavy atom. The van der Waals surface area contributed by atoms with Gasteiger partial charge in [-0.05, 0) is 42.0 Å². The molecule has 7 nitrogen and oxygen atoms in total. The molecule has 3 aromatic carbocycles. The van der Waals surface area contributed by atoms with Gasteiger partial charge in [-0.1, -0.05) is 36.4 Å². The number of rotatable bonds is 6. The number of methoxy groups -OCH3 is 1. The molecular weight excluding hydrogens is 382 g/mol. The minimum absolute atomic E-state index is 0.132. The third-order valence-corrected chi connectivity index (χ3v) is 4.85. The van der Waals surface area contributed by atoms with E-state index in [4.69, 9.17) is 15.2 Å². The first-order valence-corrected chi connectivity index (χ1v) is 9.41. The zero-order chi connectivity index (χ0) is 21.1. The van der Waals surface area contributed by atoms with E-state index >= 15 is 0 Å². The number of para-hydroxylation sites is 3. The summed E-state index contributed by atoms with van der Waals surface area (Å²) in [6.45, 7) is -0.194. The molecule has 0 aliphatic carbocycles. The van der Waals surface area contributed by atoms with Crippen molar-refractivity contribution in [3.05, 3.63) is 83.9 Å². The van der Waals surface area contributed by atoms with Gasteiger partial charge >= 0.3 is 0 Å². The number of amides is 2. The second kappa shape index (κ2) is 8.16. The number of fused-ring (bicyclic) bond motifs is 1. The molecule has 0 radical (unpaired) electrons. The Morgan fingerprint density at radius 1 is 1.03 bits per heavy atom. The summed E-state index contributed by atoms with van der Waals surface area (Å²) in [6, 6.07) is 22.0. The maximum atomic E-state index is 13.5. The largest absolute Gasteiger partial charge is 0.495 e. The van der Waals surface area contributed by atoms with Crippen molar-refractivity contribution in [3.8, 4) is 11.5 Å². The number of hydrogen-bond donors (Lipinski definition) is 2. The number of primary amides is 1. The molecule has 0 bridgehead atoms. The van der Waals surface area contributed by atoms with E-state index in [9.17, 15) is 9.59 Å². The van der Waals surface area contributed by atoms with E-state index in [0.29, 0.717) is 22.7 Å². The Kier molecular flexibility index (Phi) is 5.26. The molecular formula is C23H21N3O4. The van der Waals surface area contributed by atoms with E-state index in [1.54, 1.807) is 30.2 Å². The normalized spacial score (nSPS) is 15.2. The lowest BCUT2D eigenvalue weighted by atomic mass is 10.0. The second-order valence-corrected chi connectivity index (χ2v) is 6.76. The van der Waals surface area contributed by atoms with Crippen molar-refractivity contribution in [1.29, 1.82) is 0 Å². The molecule has 7 heteroatoms. The standard InChI is InChI=1S/C23H21N3O4/c1-29-20-9-5-4-8-19(20)26-22(25-18-7-3-2-6-17(18)23(26)28)15-10-12-16(13-11-15)30-14-21(24)27/h2-13,22,25H,14H2,1H3,(H2,24,27)/t22-/m0/s1. The van der Waals surface area contributed by atoms with Gasteiger partial charge in [0.2, 0.25) is 0 Å². The summed E-state index contributed by atoms with van der Waals surface area (Å²) in [5, 5.41) is 3.45. The van der Waals surface area contributed by atoms with Crippen molar-refractivity contribution in [2.75, 3.05) is 23.9 Å². The van der Waals surface area contributed by atoms with Crippen LogP contribution in [0.4, 0.5) is 11.4 Å². The average Bonchev–Trinajstić information content (AvgIpc) is 2.78. The minimum atomic E-state index is -0.544. The highest BCUT2D eigenvalue weighted by atomic mass is 16.5. The van der Waals surface area contributed by atoms with Crippen LogP contribution in [0.15, 0.2) is 72.8 Å². The molecule has 1 aliphatic heterocycles. The van der Waals surface area contributed by atoms with Crippen LogP contribution in [0.5, 0.6) is 11.5 Å². The molecule has 1 atom stereocenters. The number of anilines is 2. The fourth-order valence-electron chi connectivity index (χ4n) is 3.46. The van der Waals surface area contributed by atoms with Gasteiger partial charge < -0.3 is 20.5 Å². The summed E-state index contributed by atoms with van der Waals surface area (Å²) in [4.78, 5) is 26.1. The second-order valence-electron chi connectivity index (χ2n) is 6.76. The molecule has 4 rings (SSSR count). The van der Waals surface area contributed by atoms with Gasteiger partial charge in [0.05, 0.1) is 18.4 Å². The van der Waals surface area contributed by atoms with Crippen LogP contribution in [0.2, 0.25) is 0 Å². The summed E-state index contributed by atoms with van der Waals surface area (Å²) in [5.74, 6) is 0.438. The van der Waals surface area contributed by atoms with Crippen LogP contribution in [-0.2, 0) is 4.79 Å². The Labute approximate surface area is 174 Å². The number of nitrogens with zero attached hydrogens (tertiary/aromatic N) is 1. The molecule has 0 aromatic heterocycles. The maximum absolute atomic E-state index is 13.5. The average molecular weight is 403 g/mol. The van der Waals surface area contributed by atoms with Crippen molar-refractivity contribution >= 4 is 23.2 Å². The van der Waals surface area contributed by atoms with Gasteiger partial charge in [-0.3, -0.25) is 14.5 Å². The molecule has 0 unspecified atom stereocenters. The van der Waals surface area contributed by atoms with Crippen molar-refractivity contribution in [2.45, 2.75) is 6.17 Å². The van der Waals surface area contributed by atoms with E-state index in [1.807, 2.05) is 54.6 Å². The number of hydrogen-bond acceptors (Lipinski definition) is 5. The molecule has 0 saturated heterocycles. The van der Waals surface area contributed by atoms with Crippen molar-refractivity contribution in [1.82, 2.24) is 0 Å². The van der Waals surface area contributed by atoms with Crippen LogP contribution in [0.3, 0.4) is 0 Å². The first-order chi connectivity index (χ1) is 14.6. The van der Waals surface area contributed by atoms with E-state index in [1.165, 1.54) is 0 Å². The van der Waals surface area contributed by atoms with Crippen molar-refractivity contribution < 1.29 is 19.1 Å². The number of nitrogens with two attached hydrogens (primary N) is 1. The van der Waals surface area contributed by atoms with Gasteiger partial charge in [-0.25, -0.2) is 0 Å². The molecule has 0 spiro atoms. The molecule has 3 aromatic rings. The third-order valence-electron chi connectivity index (χ3n) is 4.85. The summed E-state index contributed by atoms with van der Waals surface area (Å²) in [6.07, 6.45) is -0.464. The topological polar surface area (TPSA) is 93.9 Å². The summed E-state index contributed by atoms with van der Waals surface area (Å²) >= 11 is 0. The lowest BCUT2D eigenvalue weighted by Gasteiger charge is -2.38. The third kappa shape index (κ3) is 3.65. The molecule has 0 fully saturated rings. The highest BCUT2D eigenvalue weighted by Crippen LogP contribution is 2.40. The fourth-order valence-corrected chi connectivity index (χ4v) is 3.46. The molecule has 1 aliphatic rings. The van der Waals surface area contributed by atoms with Crippen LogP contribution in [0.25, 0.3) is 0 Å². The first kappa shape index (κ1) is 19.3. The number of benzene rings is 3. The quantitative estimate of drug-likeness (QED) is 0.658. The monoisotopic (exact) mass is 403 g/mol. The van der Waals surface area contributed by atoms with Crippen LogP contribution in [0, 0.1) is 0 Å². The smallest absolute Gasteiger partial charge is 0.262 e. The van der Waals surface area contributed by atoms with Crippen molar-refractivity contribution in [2.24, 2.45) is 5.73 Å². The number of nitrogens with one attached hydrogen (secondary N) is 1. The van der Waals surface area contributed by atoms with Gasteiger partial charge in [0, 0.05) is 5.69 Å². The van der Waals surface area contributed by atoms with Gasteiger partial charge in [0.1, 0.15) is 17.7 Å². The van der Waals surface area contributed by atoms with Crippen LogP contribution >= 0.6 is 0 Å². The maximum Gasteiger partial charge on any atom is 0.262 e. The summed E-state index contributed by atoms with van der Waals surface area (Å²) < 4.78 is 10.8. The fraction of sp³-hybridized carbons (Fsp3) is 0.130. The predicted molar refractivity (Wildman–Crippen MR) is 114 cm³/mol. The lowest BCUT2D eigenvalue weighted by Crippen LogP contribution is -2.43. The highest BCUT2D eigenvalue weighted by Gasteiger charge is 2.35. The van der Waals surface area contributed by atoms with E-state index in [0.717, 1.165) is 11.3 Å². The minimum Gasteiger partial charge on any atom is -0.495 e. The predicted octanol–water partition coefficient (Wildman–Crippen LogP) is 3.33. The number of carbonyl (C=O) groups excluding carboxylic acids is 2. The van der Waals surface area contributed by atoms with Crippen LogP contribution in [0.1, 0.15) is 22.1 Å². The highest BCUT2D eigenvalue weighted by molar-refractivity contribution is 6.12. The Balaban J connectivity index is 1.75. The van der Waals surface area contributed by atoms with Gasteiger partial charge in [0.15, 0.2) is 6.61 Å². The SMILES string of the molecule is COc1ccccc1N1C(=O)c2ccccc2N[C@@H]1c1ccc(OCC(N)=O)cc1. The first-order valence-electron chi connectivity index (χ1n) is 9.41. The summed E-state index contributed by atoms with van der Waals surface area (Å²) in [7, 11) is 1.58. The zero-order valence-electron chi connectivity index (χ0n) is 16.4. The Morgan fingerprint density at radius 3 is 2.47 bits per heavy atom.